The van der Waals surface area contributed by atoms with Crippen molar-refractivity contribution in [3.63, 3.8) is 0 Å². The molecule has 4 rings (SSSR count). The van der Waals surface area contributed by atoms with Crippen molar-refractivity contribution in [2.75, 3.05) is 11.1 Å². The molecule has 1 saturated carbocycles. The second kappa shape index (κ2) is 8.14. The quantitative estimate of drug-likeness (QED) is 0.588. The molecular formula is C21H21FN4OS. The number of hydrogen-bond acceptors (Lipinski definition) is 4. The van der Waals surface area contributed by atoms with Gasteiger partial charge in [0.2, 0.25) is 5.91 Å². The van der Waals surface area contributed by atoms with Crippen LogP contribution in [0, 0.1) is 5.82 Å². The lowest BCUT2D eigenvalue weighted by Gasteiger charge is -2.09. The minimum Gasteiger partial charge on any atom is -0.325 e. The van der Waals surface area contributed by atoms with E-state index >= 15 is 0 Å². The van der Waals surface area contributed by atoms with E-state index in [4.69, 9.17) is 0 Å². The summed E-state index contributed by atoms with van der Waals surface area (Å²) < 4.78 is 16.2. The van der Waals surface area contributed by atoms with E-state index in [9.17, 15) is 9.18 Å². The smallest absolute Gasteiger partial charge is 0.234 e. The van der Waals surface area contributed by atoms with E-state index in [1.165, 1.54) is 23.4 Å². The average molecular weight is 396 g/mol. The van der Waals surface area contributed by atoms with Crippen LogP contribution in [-0.2, 0) is 11.2 Å². The molecule has 1 amide bonds. The average Bonchev–Trinajstić information content (AvgIpc) is 3.47. The zero-order valence-corrected chi connectivity index (χ0v) is 16.4. The van der Waals surface area contributed by atoms with E-state index in [1.54, 1.807) is 18.2 Å². The summed E-state index contributed by atoms with van der Waals surface area (Å²) in [5, 5.41) is 12.0. The number of carbonyl (C=O) groups excluding carboxylic acids is 1. The fourth-order valence-electron chi connectivity index (χ4n) is 3.01. The third kappa shape index (κ3) is 4.09. The molecule has 0 saturated heterocycles. The molecule has 2 aromatic carbocycles. The van der Waals surface area contributed by atoms with E-state index < -0.39 is 0 Å². The van der Waals surface area contributed by atoms with Crippen LogP contribution in [0.15, 0.2) is 53.7 Å². The topological polar surface area (TPSA) is 59.8 Å². The summed E-state index contributed by atoms with van der Waals surface area (Å²) >= 11 is 1.33. The Morgan fingerprint density at radius 1 is 1.18 bits per heavy atom. The highest BCUT2D eigenvalue weighted by Gasteiger charge is 2.31. The molecule has 28 heavy (non-hydrogen) atoms. The number of halogens is 1. The molecule has 1 aliphatic rings. The second-order valence-electron chi connectivity index (χ2n) is 6.77. The first-order chi connectivity index (χ1) is 13.7. The van der Waals surface area contributed by atoms with E-state index in [2.05, 4.69) is 22.4 Å². The first-order valence-corrected chi connectivity index (χ1v) is 10.4. The Bertz CT molecular complexity index is 982. The van der Waals surface area contributed by atoms with Crippen LogP contribution in [0.4, 0.5) is 10.1 Å². The summed E-state index contributed by atoms with van der Waals surface area (Å²) in [5.41, 5.74) is 2.44. The number of nitrogens with zero attached hydrogens (tertiary/aromatic N) is 3. The highest BCUT2D eigenvalue weighted by Crippen LogP contribution is 2.41. The van der Waals surface area contributed by atoms with Crippen molar-refractivity contribution in [1.82, 2.24) is 14.8 Å². The molecule has 144 valence electrons. The van der Waals surface area contributed by atoms with Gasteiger partial charge in [0, 0.05) is 11.7 Å². The zero-order valence-electron chi connectivity index (χ0n) is 15.6. The van der Waals surface area contributed by atoms with Gasteiger partial charge in [-0.05, 0) is 49.1 Å². The number of rotatable bonds is 7. The van der Waals surface area contributed by atoms with Crippen molar-refractivity contribution in [3.8, 4) is 11.4 Å². The lowest BCUT2D eigenvalue weighted by molar-refractivity contribution is -0.113. The molecular weight excluding hydrogens is 375 g/mol. The first-order valence-electron chi connectivity index (χ1n) is 9.37. The fraction of sp³-hybridized carbons (Fsp3) is 0.286. The number of aromatic nitrogens is 3. The highest BCUT2D eigenvalue weighted by molar-refractivity contribution is 7.99. The molecule has 5 nitrogen and oxygen atoms in total. The van der Waals surface area contributed by atoms with Crippen molar-refractivity contribution in [1.29, 1.82) is 0 Å². The van der Waals surface area contributed by atoms with Crippen LogP contribution < -0.4 is 5.32 Å². The van der Waals surface area contributed by atoms with Gasteiger partial charge in [0.05, 0.1) is 11.3 Å². The van der Waals surface area contributed by atoms with Crippen LogP contribution in [0.5, 0.6) is 0 Å². The molecule has 0 atom stereocenters. The monoisotopic (exact) mass is 396 g/mol. The van der Waals surface area contributed by atoms with Gasteiger partial charge in [0.25, 0.3) is 0 Å². The minimum absolute atomic E-state index is 0.105. The summed E-state index contributed by atoms with van der Waals surface area (Å²) in [6, 6.07) is 14.7. The lowest BCUT2D eigenvalue weighted by atomic mass is 10.1. The van der Waals surface area contributed by atoms with E-state index in [1.807, 2.05) is 28.8 Å². The molecule has 3 aromatic rings. The van der Waals surface area contributed by atoms with Crippen molar-refractivity contribution in [2.24, 2.45) is 0 Å². The number of benzene rings is 2. The minimum atomic E-state index is -0.318. The molecule has 1 aliphatic carbocycles. The number of amides is 1. The maximum absolute atomic E-state index is 14.2. The van der Waals surface area contributed by atoms with Gasteiger partial charge >= 0.3 is 0 Å². The fourth-order valence-corrected chi connectivity index (χ4v) is 3.82. The van der Waals surface area contributed by atoms with E-state index in [-0.39, 0.29) is 23.5 Å². The van der Waals surface area contributed by atoms with Gasteiger partial charge in [0.15, 0.2) is 11.0 Å². The van der Waals surface area contributed by atoms with Crippen LogP contribution in [0.1, 0.15) is 31.4 Å². The summed E-state index contributed by atoms with van der Waals surface area (Å²) in [7, 11) is 0. The molecule has 1 heterocycles. The van der Waals surface area contributed by atoms with E-state index in [0.717, 1.165) is 24.9 Å². The van der Waals surface area contributed by atoms with Crippen LogP contribution in [-0.4, -0.2) is 26.4 Å². The largest absolute Gasteiger partial charge is 0.325 e. The predicted molar refractivity (Wildman–Crippen MR) is 109 cm³/mol. The third-order valence-corrected chi connectivity index (χ3v) is 5.61. The maximum atomic E-state index is 14.2. The second-order valence-corrected chi connectivity index (χ2v) is 7.72. The Morgan fingerprint density at radius 3 is 2.61 bits per heavy atom. The number of carbonyl (C=O) groups is 1. The number of hydrogen-bond donors (Lipinski definition) is 1. The number of thioether (sulfide) groups is 1. The van der Waals surface area contributed by atoms with Crippen molar-refractivity contribution in [2.45, 2.75) is 37.4 Å². The summed E-state index contributed by atoms with van der Waals surface area (Å²) in [6.07, 6.45) is 3.00. The standard InChI is InChI=1S/C21H21FN4OS/c1-2-14-7-9-15(10-8-14)23-19(27)13-28-21-25-24-20(26(21)16-11-12-16)17-5-3-4-6-18(17)22/h3-10,16H,2,11-13H2,1H3,(H,23,27). The summed E-state index contributed by atoms with van der Waals surface area (Å²) in [4.78, 5) is 12.3. The molecule has 0 spiro atoms. The molecule has 0 bridgehead atoms. The Labute approximate surface area is 167 Å². The maximum Gasteiger partial charge on any atom is 0.234 e. The van der Waals surface area contributed by atoms with Crippen LogP contribution in [0.25, 0.3) is 11.4 Å². The molecule has 1 fully saturated rings. The SMILES string of the molecule is CCc1ccc(NC(=O)CSc2nnc(-c3ccccc3F)n2C2CC2)cc1. The van der Waals surface area contributed by atoms with Gasteiger partial charge in [-0.25, -0.2) is 4.39 Å². The predicted octanol–water partition coefficient (Wildman–Crippen LogP) is 4.71. The van der Waals surface area contributed by atoms with E-state index in [0.29, 0.717) is 16.5 Å². The van der Waals surface area contributed by atoms with Gasteiger partial charge in [-0.3, -0.25) is 9.36 Å². The van der Waals surface area contributed by atoms with Gasteiger partial charge in [-0.1, -0.05) is 43.0 Å². The Morgan fingerprint density at radius 2 is 1.93 bits per heavy atom. The van der Waals surface area contributed by atoms with Gasteiger partial charge in [0.1, 0.15) is 5.82 Å². The highest BCUT2D eigenvalue weighted by atomic mass is 32.2. The number of nitrogens with one attached hydrogen (secondary N) is 1. The zero-order chi connectivity index (χ0) is 19.5. The third-order valence-electron chi connectivity index (χ3n) is 4.67. The van der Waals surface area contributed by atoms with Crippen LogP contribution in [0.2, 0.25) is 0 Å². The molecule has 0 unspecified atom stereocenters. The normalized spacial score (nSPS) is 13.5. The first kappa shape index (κ1) is 18.7. The van der Waals surface area contributed by atoms with Crippen LogP contribution in [0.3, 0.4) is 0 Å². The Balaban J connectivity index is 1.46. The van der Waals surface area contributed by atoms with Crippen molar-refractivity contribution < 1.29 is 9.18 Å². The van der Waals surface area contributed by atoms with Crippen molar-refractivity contribution in [3.05, 3.63) is 59.9 Å². The molecule has 7 heteroatoms. The molecule has 1 N–H and O–H groups in total. The van der Waals surface area contributed by atoms with Gasteiger partial charge in [-0.15, -0.1) is 10.2 Å². The number of anilines is 1. The summed E-state index contributed by atoms with van der Waals surface area (Å²) in [6.45, 7) is 2.09. The molecule has 0 aliphatic heterocycles. The Hall–Kier alpha value is -2.67. The Kier molecular flexibility index (Phi) is 5.43. The van der Waals surface area contributed by atoms with Crippen LogP contribution >= 0.6 is 11.8 Å². The number of aryl methyl sites for hydroxylation is 1. The van der Waals surface area contributed by atoms with Gasteiger partial charge < -0.3 is 5.32 Å². The molecule has 0 radical (unpaired) electrons. The molecule has 1 aromatic heterocycles. The lowest BCUT2D eigenvalue weighted by Crippen LogP contribution is -2.14. The van der Waals surface area contributed by atoms with Gasteiger partial charge in [-0.2, -0.15) is 0 Å². The van der Waals surface area contributed by atoms with Crippen molar-refractivity contribution >= 4 is 23.4 Å². The summed E-state index contributed by atoms with van der Waals surface area (Å²) in [5.74, 6) is 0.324.